The number of aliphatic imine (C=N–C) groups is 1. The normalized spacial score (nSPS) is 18.4. The maximum Gasteiger partial charge on any atom is 0.156 e. The summed E-state index contributed by atoms with van der Waals surface area (Å²) < 4.78 is 0. The average molecular weight is 282 g/mol. The van der Waals surface area contributed by atoms with Crippen LogP contribution >= 0.6 is 23.1 Å². The molecule has 0 fully saturated rings. The molecule has 18 heavy (non-hydrogen) atoms. The monoisotopic (exact) mass is 282 g/mol. The zero-order valence-electron chi connectivity index (χ0n) is 11.2. The third kappa shape index (κ3) is 3.51. The second-order valence-electron chi connectivity index (χ2n) is 4.87. The highest BCUT2D eigenvalue weighted by molar-refractivity contribution is 8.13. The number of nitrogens with zero attached hydrogens (tertiary/aromatic N) is 1. The molecule has 1 aromatic rings. The minimum absolute atomic E-state index is 0.448. The van der Waals surface area contributed by atoms with E-state index in [1.807, 2.05) is 23.1 Å². The van der Waals surface area contributed by atoms with E-state index in [-0.39, 0.29) is 0 Å². The molecule has 0 atom stereocenters. The molecule has 1 aromatic heterocycles. The smallest absolute Gasteiger partial charge is 0.156 e. The highest BCUT2D eigenvalue weighted by atomic mass is 32.2. The number of thioether (sulfide) groups is 1. The molecule has 0 unspecified atom stereocenters. The van der Waals surface area contributed by atoms with Gasteiger partial charge in [-0.2, -0.15) is 0 Å². The van der Waals surface area contributed by atoms with Crippen LogP contribution in [-0.2, 0) is 6.42 Å². The van der Waals surface area contributed by atoms with E-state index in [0.717, 1.165) is 24.7 Å². The fourth-order valence-electron chi connectivity index (χ4n) is 2.08. The van der Waals surface area contributed by atoms with Crippen molar-refractivity contribution in [2.24, 2.45) is 10.4 Å². The van der Waals surface area contributed by atoms with Crippen LogP contribution in [0, 0.1) is 5.41 Å². The third-order valence-corrected chi connectivity index (χ3v) is 6.04. The molecule has 2 heterocycles. The Hall–Kier alpha value is -0.480. The van der Waals surface area contributed by atoms with Crippen LogP contribution in [0.2, 0.25) is 0 Å². The van der Waals surface area contributed by atoms with Crippen molar-refractivity contribution < 1.29 is 0 Å². The van der Waals surface area contributed by atoms with Crippen molar-refractivity contribution in [2.45, 2.75) is 33.1 Å². The van der Waals surface area contributed by atoms with Gasteiger partial charge in [-0.3, -0.25) is 4.99 Å². The summed E-state index contributed by atoms with van der Waals surface area (Å²) in [6.45, 7) is 6.56. The number of hydrogen-bond donors (Lipinski definition) is 1. The van der Waals surface area contributed by atoms with E-state index in [1.54, 1.807) is 0 Å². The van der Waals surface area contributed by atoms with Crippen LogP contribution in [0.5, 0.6) is 0 Å². The molecule has 1 aliphatic rings. The summed E-state index contributed by atoms with van der Waals surface area (Å²) in [6.07, 6.45) is 3.58. The second-order valence-corrected chi connectivity index (χ2v) is 6.87. The minimum atomic E-state index is 0.448. The van der Waals surface area contributed by atoms with Crippen molar-refractivity contribution in [3.05, 3.63) is 22.4 Å². The van der Waals surface area contributed by atoms with E-state index >= 15 is 0 Å². The summed E-state index contributed by atoms with van der Waals surface area (Å²) in [4.78, 5) is 6.16. The fraction of sp³-hybridized carbons (Fsp3) is 0.643. The lowest BCUT2D eigenvalue weighted by molar-refractivity contribution is 0.318. The van der Waals surface area contributed by atoms with Crippen LogP contribution in [-0.4, -0.2) is 24.0 Å². The topological polar surface area (TPSA) is 24.4 Å². The Morgan fingerprint density at radius 3 is 2.78 bits per heavy atom. The van der Waals surface area contributed by atoms with Gasteiger partial charge in [0, 0.05) is 23.7 Å². The highest BCUT2D eigenvalue weighted by Gasteiger charge is 2.29. The Balaban J connectivity index is 1.76. The van der Waals surface area contributed by atoms with Gasteiger partial charge in [-0.05, 0) is 36.1 Å². The SMILES string of the molecule is CCC1(CC)CN=C(NCCc2cccs2)SC1. The lowest BCUT2D eigenvalue weighted by Gasteiger charge is -2.33. The molecule has 0 spiro atoms. The van der Waals surface area contributed by atoms with Crippen LogP contribution in [0.3, 0.4) is 0 Å². The first-order chi connectivity index (χ1) is 8.78. The van der Waals surface area contributed by atoms with Gasteiger partial charge in [-0.1, -0.05) is 31.7 Å². The van der Waals surface area contributed by atoms with E-state index in [2.05, 4.69) is 36.7 Å². The standard InChI is InChI=1S/C14H22N2S2/c1-3-14(4-2)10-16-13(18-11-14)15-8-7-12-6-5-9-17-12/h5-6,9H,3-4,7-8,10-11H2,1-2H3,(H,15,16). The van der Waals surface area contributed by atoms with Gasteiger partial charge in [0.2, 0.25) is 0 Å². The van der Waals surface area contributed by atoms with Crippen LogP contribution in [0.25, 0.3) is 0 Å². The molecule has 0 radical (unpaired) electrons. The lowest BCUT2D eigenvalue weighted by Crippen LogP contribution is -2.35. The van der Waals surface area contributed by atoms with Gasteiger partial charge in [0.25, 0.3) is 0 Å². The number of rotatable bonds is 5. The maximum absolute atomic E-state index is 4.72. The molecular weight excluding hydrogens is 260 g/mol. The lowest BCUT2D eigenvalue weighted by atomic mass is 9.84. The van der Waals surface area contributed by atoms with Crippen molar-refractivity contribution in [1.29, 1.82) is 0 Å². The van der Waals surface area contributed by atoms with Gasteiger partial charge in [0.05, 0.1) is 0 Å². The van der Waals surface area contributed by atoms with Crippen molar-refractivity contribution >= 4 is 28.3 Å². The fourth-order valence-corrected chi connectivity index (χ4v) is 4.10. The number of amidine groups is 1. The summed E-state index contributed by atoms with van der Waals surface area (Å²) in [7, 11) is 0. The van der Waals surface area contributed by atoms with Gasteiger partial charge in [-0.15, -0.1) is 11.3 Å². The molecular formula is C14H22N2S2. The second kappa shape index (κ2) is 6.62. The van der Waals surface area contributed by atoms with Gasteiger partial charge in [0.15, 0.2) is 5.17 Å². The van der Waals surface area contributed by atoms with E-state index in [9.17, 15) is 0 Å². The highest BCUT2D eigenvalue weighted by Crippen LogP contribution is 2.34. The van der Waals surface area contributed by atoms with Crippen LogP contribution in [0.1, 0.15) is 31.6 Å². The largest absolute Gasteiger partial charge is 0.365 e. The van der Waals surface area contributed by atoms with Gasteiger partial charge < -0.3 is 5.32 Å². The average Bonchev–Trinajstić information content (AvgIpc) is 2.93. The molecule has 0 amide bonds. The summed E-state index contributed by atoms with van der Waals surface area (Å²) in [5.74, 6) is 1.21. The molecule has 0 aliphatic carbocycles. The summed E-state index contributed by atoms with van der Waals surface area (Å²) in [5.41, 5.74) is 0.448. The quantitative estimate of drug-likeness (QED) is 0.888. The molecule has 0 bridgehead atoms. The predicted molar refractivity (Wildman–Crippen MR) is 83.8 cm³/mol. The molecule has 4 heteroatoms. The molecule has 1 N–H and O–H groups in total. The van der Waals surface area contributed by atoms with E-state index in [1.165, 1.54) is 23.5 Å². The number of thiophene rings is 1. The minimum Gasteiger partial charge on any atom is -0.365 e. The molecule has 0 aromatic carbocycles. The molecule has 0 saturated carbocycles. The van der Waals surface area contributed by atoms with E-state index in [0.29, 0.717) is 5.41 Å². The van der Waals surface area contributed by atoms with E-state index in [4.69, 9.17) is 4.99 Å². The molecule has 0 saturated heterocycles. The first kappa shape index (κ1) is 13.9. The Kier molecular flexibility index (Phi) is 5.13. The van der Waals surface area contributed by atoms with Crippen molar-refractivity contribution in [3.63, 3.8) is 0 Å². The van der Waals surface area contributed by atoms with Gasteiger partial charge in [-0.25, -0.2) is 0 Å². The zero-order valence-corrected chi connectivity index (χ0v) is 12.9. The Morgan fingerprint density at radius 2 is 2.22 bits per heavy atom. The predicted octanol–water partition coefficient (Wildman–Crippen LogP) is 3.79. The Bertz CT molecular complexity index is 381. The first-order valence-corrected chi connectivity index (χ1v) is 8.58. The zero-order chi connectivity index (χ0) is 12.8. The van der Waals surface area contributed by atoms with Crippen molar-refractivity contribution in [3.8, 4) is 0 Å². The van der Waals surface area contributed by atoms with Gasteiger partial charge >= 0.3 is 0 Å². The van der Waals surface area contributed by atoms with Crippen molar-refractivity contribution in [2.75, 3.05) is 18.8 Å². The van der Waals surface area contributed by atoms with Crippen LogP contribution in [0.4, 0.5) is 0 Å². The van der Waals surface area contributed by atoms with Crippen molar-refractivity contribution in [1.82, 2.24) is 5.32 Å². The molecule has 2 nitrogen and oxygen atoms in total. The molecule has 2 rings (SSSR count). The molecule has 100 valence electrons. The molecule has 1 aliphatic heterocycles. The van der Waals surface area contributed by atoms with Crippen LogP contribution < -0.4 is 5.32 Å². The number of hydrogen-bond acceptors (Lipinski definition) is 4. The number of nitrogens with one attached hydrogen (secondary N) is 1. The van der Waals surface area contributed by atoms with Gasteiger partial charge in [0.1, 0.15) is 0 Å². The van der Waals surface area contributed by atoms with Crippen LogP contribution in [0.15, 0.2) is 22.5 Å². The summed E-state index contributed by atoms with van der Waals surface area (Å²) >= 11 is 3.73. The summed E-state index contributed by atoms with van der Waals surface area (Å²) in [6, 6.07) is 4.31. The maximum atomic E-state index is 4.72. The van der Waals surface area contributed by atoms with E-state index < -0.39 is 0 Å². The summed E-state index contributed by atoms with van der Waals surface area (Å²) in [5, 5.41) is 6.75. The Labute approximate surface area is 118 Å². The Morgan fingerprint density at radius 1 is 1.39 bits per heavy atom. The first-order valence-electron chi connectivity index (χ1n) is 6.71. The third-order valence-electron chi connectivity index (χ3n) is 3.80.